The predicted molar refractivity (Wildman–Crippen MR) is 56.7 cm³/mol. The van der Waals surface area contributed by atoms with E-state index in [0.717, 1.165) is 17.7 Å². The predicted octanol–water partition coefficient (Wildman–Crippen LogP) is 2.19. The van der Waals surface area contributed by atoms with Crippen LogP contribution in [0.3, 0.4) is 0 Å². The molecule has 15 heavy (non-hydrogen) atoms. The summed E-state index contributed by atoms with van der Waals surface area (Å²) in [6, 6.07) is 3.65. The maximum atomic E-state index is 11.9. The summed E-state index contributed by atoms with van der Waals surface area (Å²) >= 11 is 0. The van der Waals surface area contributed by atoms with Gasteiger partial charge < -0.3 is 4.74 Å². The average Bonchev–Trinajstić information content (AvgIpc) is 2.74. The molecule has 0 amide bonds. The lowest BCUT2D eigenvalue weighted by Crippen LogP contribution is -2.07. The molecule has 0 bridgehead atoms. The second-order valence-electron chi connectivity index (χ2n) is 3.63. The first kappa shape index (κ1) is 9.90. The number of aryl methyl sites for hydroxylation is 2. The van der Waals surface area contributed by atoms with E-state index in [1.807, 2.05) is 26.0 Å². The normalized spacial score (nSPS) is 14.7. The van der Waals surface area contributed by atoms with Gasteiger partial charge in [0.2, 0.25) is 5.78 Å². The zero-order valence-electron chi connectivity index (χ0n) is 8.91. The van der Waals surface area contributed by atoms with Crippen LogP contribution in [-0.2, 0) is 4.74 Å². The molecule has 1 aliphatic rings. The topological polar surface area (TPSA) is 39.2 Å². The third-order valence-electron chi connectivity index (χ3n) is 2.51. The fourth-order valence-electron chi connectivity index (χ4n) is 1.46. The third kappa shape index (κ3) is 1.91. The average molecular weight is 203 g/mol. The van der Waals surface area contributed by atoms with Crippen molar-refractivity contribution < 1.29 is 9.53 Å². The second-order valence-corrected chi connectivity index (χ2v) is 3.63. The highest BCUT2D eigenvalue weighted by molar-refractivity contribution is 6.06. The highest BCUT2D eigenvalue weighted by Crippen LogP contribution is 2.15. The maximum Gasteiger partial charge on any atom is 0.245 e. The van der Waals surface area contributed by atoms with Crippen LogP contribution in [0.15, 0.2) is 24.0 Å². The smallest absolute Gasteiger partial charge is 0.245 e. The fraction of sp³-hybridized carbons (Fsp3) is 0.333. The van der Waals surface area contributed by atoms with Crippen molar-refractivity contribution in [2.45, 2.75) is 20.3 Å². The molecule has 78 valence electrons. The van der Waals surface area contributed by atoms with Crippen LogP contribution in [0.25, 0.3) is 0 Å². The van der Waals surface area contributed by atoms with Crippen LogP contribution >= 0.6 is 0 Å². The quantitative estimate of drug-likeness (QED) is 0.691. The number of pyridine rings is 1. The van der Waals surface area contributed by atoms with Crippen molar-refractivity contribution in [3.05, 3.63) is 40.9 Å². The zero-order chi connectivity index (χ0) is 10.8. The SMILES string of the molecule is Cc1ccc(C(=O)C2=CCCO2)nc1C. The Kier molecular flexibility index (Phi) is 2.54. The van der Waals surface area contributed by atoms with Crippen LogP contribution < -0.4 is 0 Å². The summed E-state index contributed by atoms with van der Waals surface area (Å²) in [7, 11) is 0. The largest absolute Gasteiger partial charge is 0.489 e. The van der Waals surface area contributed by atoms with E-state index in [1.165, 1.54) is 0 Å². The van der Waals surface area contributed by atoms with E-state index >= 15 is 0 Å². The monoisotopic (exact) mass is 203 g/mol. The van der Waals surface area contributed by atoms with Crippen molar-refractivity contribution in [3.8, 4) is 0 Å². The van der Waals surface area contributed by atoms with E-state index < -0.39 is 0 Å². The van der Waals surface area contributed by atoms with Gasteiger partial charge in [-0.25, -0.2) is 4.98 Å². The van der Waals surface area contributed by atoms with Gasteiger partial charge in [-0.15, -0.1) is 0 Å². The lowest BCUT2D eigenvalue weighted by molar-refractivity contribution is 0.0937. The summed E-state index contributed by atoms with van der Waals surface area (Å²) in [5.74, 6) is 0.321. The van der Waals surface area contributed by atoms with E-state index in [9.17, 15) is 4.79 Å². The molecule has 0 aromatic carbocycles. The summed E-state index contributed by atoms with van der Waals surface area (Å²) in [4.78, 5) is 16.1. The number of allylic oxidation sites excluding steroid dienone is 1. The highest BCUT2D eigenvalue weighted by atomic mass is 16.5. The lowest BCUT2D eigenvalue weighted by Gasteiger charge is -2.04. The van der Waals surface area contributed by atoms with Gasteiger partial charge in [0, 0.05) is 12.1 Å². The van der Waals surface area contributed by atoms with Gasteiger partial charge in [0.15, 0.2) is 5.76 Å². The summed E-state index contributed by atoms with van der Waals surface area (Å²) in [6.07, 6.45) is 2.63. The van der Waals surface area contributed by atoms with Gasteiger partial charge in [-0.2, -0.15) is 0 Å². The maximum absolute atomic E-state index is 11.9. The van der Waals surface area contributed by atoms with E-state index in [-0.39, 0.29) is 5.78 Å². The number of aromatic nitrogens is 1. The molecule has 0 saturated heterocycles. The first-order valence-electron chi connectivity index (χ1n) is 5.00. The van der Waals surface area contributed by atoms with Gasteiger partial charge in [-0.1, -0.05) is 6.07 Å². The lowest BCUT2D eigenvalue weighted by atomic mass is 10.1. The van der Waals surface area contributed by atoms with Crippen molar-refractivity contribution in [1.29, 1.82) is 0 Å². The van der Waals surface area contributed by atoms with Gasteiger partial charge in [0.25, 0.3) is 0 Å². The van der Waals surface area contributed by atoms with Gasteiger partial charge in [0.1, 0.15) is 5.69 Å². The fourth-order valence-corrected chi connectivity index (χ4v) is 1.46. The van der Waals surface area contributed by atoms with Crippen LogP contribution in [0.1, 0.15) is 28.2 Å². The molecule has 0 radical (unpaired) electrons. The van der Waals surface area contributed by atoms with E-state index in [2.05, 4.69) is 4.98 Å². The van der Waals surface area contributed by atoms with E-state index in [4.69, 9.17) is 4.74 Å². The molecule has 3 heteroatoms. The molecule has 3 nitrogen and oxygen atoms in total. The molecule has 1 aliphatic heterocycles. The highest BCUT2D eigenvalue weighted by Gasteiger charge is 2.18. The minimum absolute atomic E-state index is 0.115. The first-order chi connectivity index (χ1) is 7.18. The van der Waals surface area contributed by atoms with Crippen LogP contribution in [-0.4, -0.2) is 17.4 Å². The summed E-state index contributed by atoms with van der Waals surface area (Å²) < 4.78 is 5.21. The molecule has 0 fully saturated rings. The molecule has 1 aromatic rings. The molecule has 2 rings (SSSR count). The minimum atomic E-state index is -0.115. The Bertz CT molecular complexity index is 435. The number of hydrogen-bond acceptors (Lipinski definition) is 3. The van der Waals surface area contributed by atoms with Gasteiger partial charge in [0.05, 0.1) is 6.61 Å². The Labute approximate surface area is 88.8 Å². The van der Waals surface area contributed by atoms with Gasteiger partial charge in [-0.05, 0) is 31.6 Å². The van der Waals surface area contributed by atoms with Crippen LogP contribution in [0.5, 0.6) is 0 Å². The molecule has 0 atom stereocenters. The Balaban J connectivity index is 2.29. The molecule has 0 spiro atoms. The number of nitrogens with zero attached hydrogens (tertiary/aromatic N) is 1. The number of rotatable bonds is 2. The Morgan fingerprint density at radius 3 is 2.80 bits per heavy atom. The standard InChI is InChI=1S/C12H13NO2/c1-8-5-6-10(13-9(8)2)12(14)11-4-3-7-15-11/h4-6H,3,7H2,1-2H3. The molecule has 0 saturated carbocycles. The van der Waals surface area contributed by atoms with Crippen molar-refractivity contribution in [3.63, 3.8) is 0 Å². The number of carbonyl (C=O) groups excluding carboxylic acids is 1. The molecule has 0 aliphatic carbocycles. The van der Waals surface area contributed by atoms with Crippen molar-refractivity contribution in [2.24, 2.45) is 0 Å². The zero-order valence-corrected chi connectivity index (χ0v) is 8.91. The molecule has 2 heterocycles. The summed E-state index contributed by atoms with van der Waals surface area (Å²) in [5, 5.41) is 0. The third-order valence-corrected chi connectivity index (χ3v) is 2.51. The molecular weight excluding hydrogens is 190 g/mol. The van der Waals surface area contributed by atoms with E-state index in [1.54, 1.807) is 6.07 Å². The first-order valence-corrected chi connectivity index (χ1v) is 5.00. The summed E-state index contributed by atoms with van der Waals surface area (Å²) in [6.45, 7) is 4.48. The van der Waals surface area contributed by atoms with E-state index in [0.29, 0.717) is 18.1 Å². The number of hydrogen-bond donors (Lipinski definition) is 0. The number of ketones is 1. The van der Waals surface area contributed by atoms with Gasteiger partial charge >= 0.3 is 0 Å². The minimum Gasteiger partial charge on any atom is -0.489 e. The Morgan fingerprint density at radius 2 is 2.20 bits per heavy atom. The number of Topliss-reactive ketones (excluding diaryl/α,β-unsaturated/α-hetero) is 1. The summed E-state index contributed by atoms with van der Waals surface area (Å²) in [5.41, 5.74) is 2.44. The van der Waals surface area contributed by atoms with Crippen molar-refractivity contribution >= 4 is 5.78 Å². The Hall–Kier alpha value is -1.64. The van der Waals surface area contributed by atoms with Crippen LogP contribution in [0.2, 0.25) is 0 Å². The molecular formula is C12H13NO2. The molecule has 0 N–H and O–H groups in total. The Morgan fingerprint density at radius 1 is 1.40 bits per heavy atom. The molecule has 0 unspecified atom stereocenters. The van der Waals surface area contributed by atoms with Crippen molar-refractivity contribution in [2.75, 3.05) is 6.61 Å². The number of carbonyl (C=O) groups is 1. The number of ether oxygens (including phenoxy) is 1. The van der Waals surface area contributed by atoms with Crippen molar-refractivity contribution in [1.82, 2.24) is 4.98 Å². The second kappa shape index (κ2) is 3.85. The van der Waals surface area contributed by atoms with Crippen LogP contribution in [0.4, 0.5) is 0 Å². The van der Waals surface area contributed by atoms with Gasteiger partial charge in [-0.3, -0.25) is 4.79 Å². The van der Waals surface area contributed by atoms with Crippen LogP contribution in [0, 0.1) is 13.8 Å². The molecule has 1 aromatic heterocycles.